The van der Waals surface area contributed by atoms with Gasteiger partial charge in [-0.2, -0.15) is 0 Å². The first-order valence-electron chi connectivity index (χ1n) is 17.0. The normalized spacial score (nSPS) is 23.8. The zero-order valence-corrected chi connectivity index (χ0v) is 28.9. The van der Waals surface area contributed by atoms with E-state index in [1.807, 2.05) is 12.3 Å². The molecule has 0 radical (unpaired) electrons. The summed E-state index contributed by atoms with van der Waals surface area (Å²) in [5.41, 5.74) is 10.7. The van der Waals surface area contributed by atoms with Gasteiger partial charge in [-0.15, -0.1) is 0 Å². The highest BCUT2D eigenvalue weighted by Crippen LogP contribution is 2.39. The molecule has 0 spiro atoms. The third-order valence-corrected chi connectivity index (χ3v) is 11.5. The molecule has 3 amide bonds. The van der Waals surface area contributed by atoms with Gasteiger partial charge >= 0.3 is 6.03 Å². The highest BCUT2D eigenvalue weighted by atomic mass is 79.9. The Bertz CT molecular complexity index is 1310. The number of aryl methyl sites for hydroxylation is 2. The SMILES string of the molecule is CCCC[C@H]1CN(C2CCN(C3c4ccc(Cl)cc4CCc4cc(Br)cnc43)CC2)CCN1C(=O)CC1CCN(C(N)=O)CC1. The number of rotatable bonds is 7. The topological polar surface area (TPSA) is 86.0 Å². The number of carbonyl (C=O) groups excluding carboxylic acids is 2. The Labute approximate surface area is 281 Å². The summed E-state index contributed by atoms with van der Waals surface area (Å²) in [7, 11) is 0. The number of piperidine rings is 2. The number of unbranched alkanes of at least 4 members (excludes halogenated alkanes) is 1. The van der Waals surface area contributed by atoms with Crippen molar-refractivity contribution in [3.8, 4) is 0 Å². The molecule has 1 aliphatic carbocycles. The quantitative estimate of drug-likeness (QED) is 0.382. The van der Waals surface area contributed by atoms with Crippen molar-refractivity contribution < 1.29 is 9.59 Å². The van der Waals surface area contributed by atoms with Gasteiger partial charge in [-0.3, -0.25) is 19.6 Å². The molecule has 0 bridgehead atoms. The summed E-state index contributed by atoms with van der Waals surface area (Å²) < 4.78 is 1.03. The summed E-state index contributed by atoms with van der Waals surface area (Å²) in [4.78, 5) is 39.4. The summed E-state index contributed by atoms with van der Waals surface area (Å²) in [6.45, 7) is 8.35. The van der Waals surface area contributed by atoms with Gasteiger partial charge in [-0.05, 0) is 102 Å². The predicted molar refractivity (Wildman–Crippen MR) is 182 cm³/mol. The highest BCUT2D eigenvalue weighted by Gasteiger charge is 2.38. The maximum Gasteiger partial charge on any atom is 0.314 e. The van der Waals surface area contributed by atoms with Crippen molar-refractivity contribution in [2.75, 3.05) is 45.8 Å². The monoisotopic (exact) mass is 698 g/mol. The second-order valence-corrected chi connectivity index (χ2v) is 14.9. The summed E-state index contributed by atoms with van der Waals surface area (Å²) in [6, 6.07) is 9.27. The molecule has 1 aromatic carbocycles. The largest absolute Gasteiger partial charge is 0.351 e. The van der Waals surface area contributed by atoms with E-state index in [4.69, 9.17) is 22.3 Å². The molecular weight excluding hydrogens is 652 g/mol. The van der Waals surface area contributed by atoms with Gasteiger partial charge in [0.05, 0.1) is 11.7 Å². The van der Waals surface area contributed by atoms with Crippen LogP contribution in [0.3, 0.4) is 0 Å². The number of carbonyl (C=O) groups is 2. The highest BCUT2D eigenvalue weighted by molar-refractivity contribution is 9.10. The summed E-state index contributed by atoms with van der Waals surface area (Å²) in [6.07, 6.45) is 11.8. The van der Waals surface area contributed by atoms with Gasteiger partial charge in [-0.25, -0.2) is 4.79 Å². The number of hydrogen-bond acceptors (Lipinski definition) is 5. The van der Waals surface area contributed by atoms with Crippen molar-refractivity contribution in [2.45, 2.75) is 89.3 Å². The number of urea groups is 1. The predicted octanol–water partition coefficient (Wildman–Crippen LogP) is 6.03. The second kappa shape index (κ2) is 14.7. The average molecular weight is 700 g/mol. The molecule has 0 saturated carbocycles. The molecule has 2 aromatic rings. The van der Waals surface area contributed by atoms with E-state index >= 15 is 0 Å². The van der Waals surface area contributed by atoms with Gasteiger partial charge in [0.15, 0.2) is 0 Å². The molecule has 3 fully saturated rings. The number of hydrogen-bond donors (Lipinski definition) is 1. The fraction of sp³-hybridized carbons (Fsp3) is 0.629. The first kappa shape index (κ1) is 32.7. The first-order chi connectivity index (χ1) is 21.8. The van der Waals surface area contributed by atoms with E-state index < -0.39 is 0 Å². The van der Waals surface area contributed by atoms with Crippen molar-refractivity contribution in [1.82, 2.24) is 24.6 Å². The minimum atomic E-state index is -0.347. The number of nitrogens with zero attached hydrogens (tertiary/aromatic N) is 5. The zero-order valence-electron chi connectivity index (χ0n) is 26.6. The molecule has 1 unspecified atom stereocenters. The van der Waals surface area contributed by atoms with Crippen LogP contribution in [0.25, 0.3) is 0 Å². The van der Waals surface area contributed by atoms with E-state index in [2.05, 4.69) is 55.8 Å². The lowest BCUT2D eigenvalue weighted by atomic mass is 9.91. The van der Waals surface area contributed by atoms with Crippen LogP contribution in [-0.4, -0.2) is 94.4 Å². The average Bonchev–Trinajstić information content (AvgIpc) is 3.20. The summed E-state index contributed by atoms with van der Waals surface area (Å²) in [5, 5.41) is 0.801. The van der Waals surface area contributed by atoms with Gasteiger partial charge in [0.25, 0.3) is 0 Å². The molecule has 2 N–H and O–H groups in total. The fourth-order valence-corrected chi connectivity index (χ4v) is 8.81. The zero-order chi connectivity index (χ0) is 31.5. The fourth-order valence-electron chi connectivity index (χ4n) is 8.24. The van der Waals surface area contributed by atoms with Crippen LogP contribution < -0.4 is 5.73 Å². The number of piperazine rings is 1. The smallest absolute Gasteiger partial charge is 0.314 e. The van der Waals surface area contributed by atoms with Crippen molar-refractivity contribution >= 4 is 39.5 Å². The third-order valence-electron chi connectivity index (χ3n) is 10.8. The van der Waals surface area contributed by atoms with E-state index in [0.717, 1.165) is 100 Å². The second-order valence-electron chi connectivity index (χ2n) is 13.6. The maximum atomic E-state index is 13.6. The lowest BCUT2D eigenvalue weighted by molar-refractivity contribution is -0.138. The Kier molecular flexibility index (Phi) is 10.7. The standard InChI is InChI=1S/C35H48BrClN6O2/c1-2-3-4-30-23-42(17-18-43(30)32(44)19-24-9-13-41(14-10-24)35(38)45)29-11-15-40(16-12-29)34-31-8-7-28(37)21-25(31)5-6-26-20-27(36)22-39-33(26)34/h7-8,20-22,24,29-30,34H,2-6,9-19,23H2,1H3,(H2,38,45)/t30-,34?/m0/s1. The van der Waals surface area contributed by atoms with Crippen LogP contribution in [0.2, 0.25) is 5.02 Å². The van der Waals surface area contributed by atoms with Gasteiger partial charge in [0.2, 0.25) is 5.91 Å². The van der Waals surface area contributed by atoms with E-state index in [0.29, 0.717) is 37.4 Å². The molecule has 6 rings (SSSR count). The van der Waals surface area contributed by atoms with Gasteiger partial charge in [0.1, 0.15) is 0 Å². The molecule has 1 aromatic heterocycles. The number of fused-ring (bicyclic) bond motifs is 2. The molecular formula is C35H48BrClN6O2. The third kappa shape index (κ3) is 7.53. The molecule has 3 saturated heterocycles. The van der Waals surface area contributed by atoms with Crippen LogP contribution >= 0.6 is 27.5 Å². The number of primary amides is 1. The van der Waals surface area contributed by atoms with Crippen LogP contribution in [0.5, 0.6) is 0 Å². The molecule has 4 heterocycles. The first-order valence-corrected chi connectivity index (χ1v) is 18.2. The van der Waals surface area contributed by atoms with Gasteiger partial charge in [0, 0.05) is 80.0 Å². The minimum absolute atomic E-state index is 0.144. The maximum absolute atomic E-state index is 13.6. The van der Waals surface area contributed by atoms with Gasteiger partial charge in [-0.1, -0.05) is 37.4 Å². The van der Waals surface area contributed by atoms with Gasteiger partial charge < -0.3 is 15.5 Å². The van der Waals surface area contributed by atoms with E-state index in [-0.39, 0.29) is 18.1 Å². The molecule has 244 valence electrons. The van der Waals surface area contributed by atoms with Crippen LogP contribution in [-0.2, 0) is 17.6 Å². The Balaban J connectivity index is 1.10. The van der Waals surface area contributed by atoms with Crippen molar-refractivity contribution in [3.63, 3.8) is 0 Å². The summed E-state index contributed by atoms with van der Waals surface area (Å²) in [5.74, 6) is 0.640. The molecule has 10 heteroatoms. The summed E-state index contributed by atoms with van der Waals surface area (Å²) >= 11 is 10.1. The minimum Gasteiger partial charge on any atom is -0.351 e. The Morgan fingerprint density at radius 1 is 0.978 bits per heavy atom. The molecule has 45 heavy (non-hydrogen) atoms. The van der Waals surface area contributed by atoms with Crippen molar-refractivity contribution in [2.24, 2.45) is 11.7 Å². The van der Waals surface area contributed by atoms with Crippen LogP contribution in [0.4, 0.5) is 4.79 Å². The van der Waals surface area contributed by atoms with E-state index in [1.165, 1.54) is 22.4 Å². The van der Waals surface area contributed by atoms with Crippen LogP contribution in [0.15, 0.2) is 34.9 Å². The van der Waals surface area contributed by atoms with Crippen LogP contribution in [0.1, 0.15) is 86.7 Å². The molecule has 4 aliphatic rings. The lowest BCUT2D eigenvalue weighted by Gasteiger charge is -2.48. The molecule has 2 atom stereocenters. The number of halogens is 2. The number of pyridine rings is 1. The number of likely N-dealkylation sites (tertiary alicyclic amines) is 2. The van der Waals surface area contributed by atoms with Crippen molar-refractivity contribution in [1.29, 1.82) is 0 Å². The number of benzene rings is 1. The Morgan fingerprint density at radius 2 is 1.73 bits per heavy atom. The van der Waals surface area contributed by atoms with Crippen molar-refractivity contribution in [3.05, 3.63) is 62.3 Å². The number of aromatic nitrogens is 1. The number of nitrogens with two attached hydrogens (primary N) is 1. The molecule has 3 aliphatic heterocycles. The Morgan fingerprint density at radius 3 is 2.47 bits per heavy atom. The lowest BCUT2D eigenvalue weighted by Crippen LogP contribution is -2.59. The van der Waals surface area contributed by atoms with E-state index in [1.54, 1.807) is 4.90 Å². The van der Waals surface area contributed by atoms with E-state index in [9.17, 15) is 9.59 Å². The van der Waals surface area contributed by atoms with Crippen LogP contribution in [0, 0.1) is 5.92 Å². The number of amides is 3. The molecule has 8 nitrogen and oxygen atoms in total. The Hall–Kier alpha value is -2.20.